The summed E-state index contributed by atoms with van der Waals surface area (Å²) in [6.07, 6.45) is 0.195. The first kappa shape index (κ1) is 12.4. The number of carboxylic acid groups (broad SMARTS) is 1. The quantitative estimate of drug-likeness (QED) is 0.549. The molecule has 5 nitrogen and oxygen atoms in total. The van der Waals surface area contributed by atoms with E-state index in [9.17, 15) is 4.79 Å². The van der Waals surface area contributed by atoms with Crippen LogP contribution in [0.3, 0.4) is 0 Å². The lowest BCUT2D eigenvalue weighted by Crippen LogP contribution is -2.69. The van der Waals surface area contributed by atoms with Crippen molar-refractivity contribution in [2.24, 2.45) is 0 Å². The molecule has 1 unspecified atom stereocenters. The van der Waals surface area contributed by atoms with Crippen LogP contribution in [0.4, 0.5) is 0 Å². The van der Waals surface area contributed by atoms with Gasteiger partial charge in [0.25, 0.3) is 0 Å². The lowest BCUT2D eigenvalue weighted by molar-refractivity contribution is -0.139. The number of nitrogens with zero attached hydrogens (tertiary/aromatic N) is 1. The van der Waals surface area contributed by atoms with Gasteiger partial charge in [-0.15, -0.1) is 0 Å². The first-order chi connectivity index (χ1) is 6.95. The van der Waals surface area contributed by atoms with Gasteiger partial charge in [0.2, 0.25) is 0 Å². The van der Waals surface area contributed by atoms with E-state index < -0.39 is 5.97 Å². The average molecular weight is 215 g/mol. The predicted molar refractivity (Wildman–Crippen MR) is 59.0 cm³/mol. The summed E-state index contributed by atoms with van der Waals surface area (Å²) in [6.45, 7) is 4.44. The number of carbonyl (C=O) groups is 1. The molecule has 1 atom stereocenters. The van der Waals surface area contributed by atoms with E-state index >= 15 is 0 Å². The van der Waals surface area contributed by atoms with E-state index in [0.717, 1.165) is 19.6 Å². The van der Waals surface area contributed by atoms with Crippen LogP contribution >= 0.6 is 0 Å². The Labute approximate surface area is 90.8 Å². The summed E-state index contributed by atoms with van der Waals surface area (Å²) in [5, 5.41) is 15.3. The second-order valence-corrected chi connectivity index (χ2v) is 4.65. The van der Waals surface area contributed by atoms with Gasteiger partial charge in [0.1, 0.15) is 0 Å². The van der Waals surface area contributed by atoms with E-state index in [1.54, 1.807) is 0 Å². The van der Waals surface area contributed by atoms with Crippen LogP contribution in [0.5, 0.6) is 0 Å². The number of hydrogen-bond acceptors (Lipinski definition) is 4. The molecule has 0 aromatic heterocycles. The molecule has 1 saturated heterocycles. The number of aliphatic carboxylic acids is 1. The van der Waals surface area contributed by atoms with E-state index in [1.165, 1.54) is 0 Å². The molecule has 0 saturated carbocycles. The van der Waals surface area contributed by atoms with Crippen LogP contribution in [0.1, 0.15) is 13.3 Å². The zero-order valence-electron chi connectivity index (χ0n) is 9.71. The SMILES string of the molecule is CC(CNC1(CC(=O)O)CNC1)N(C)C. The summed E-state index contributed by atoms with van der Waals surface area (Å²) in [5.74, 6) is -0.735. The molecule has 0 bridgehead atoms. The highest BCUT2D eigenvalue weighted by molar-refractivity contribution is 5.68. The second-order valence-electron chi connectivity index (χ2n) is 4.65. The van der Waals surface area contributed by atoms with Crippen LogP contribution in [0.15, 0.2) is 0 Å². The monoisotopic (exact) mass is 215 g/mol. The number of likely N-dealkylation sites (N-methyl/N-ethyl adjacent to an activating group) is 1. The van der Waals surface area contributed by atoms with E-state index in [2.05, 4.69) is 22.5 Å². The minimum Gasteiger partial charge on any atom is -0.481 e. The van der Waals surface area contributed by atoms with Gasteiger partial charge in [-0.05, 0) is 21.0 Å². The highest BCUT2D eigenvalue weighted by Gasteiger charge is 2.38. The number of carboxylic acids is 1. The van der Waals surface area contributed by atoms with Crippen molar-refractivity contribution in [1.29, 1.82) is 0 Å². The van der Waals surface area contributed by atoms with Crippen molar-refractivity contribution in [3.63, 3.8) is 0 Å². The predicted octanol–water partition coefficient (Wildman–Crippen LogP) is -0.657. The molecule has 0 aromatic carbocycles. The third-order valence-electron chi connectivity index (χ3n) is 3.07. The topological polar surface area (TPSA) is 64.6 Å². The van der Waals surface area contributed by atoms with E-state index in [-0.39, 0.29) is 12.0 Å². The van der Waals surface area contributed by atoms with Gasteiger partial charge in [-0.25, -0.2) is 0 Å². The molecule has 15 heavy (non-hydrogen) atoms. The summed E-state index contributed by atoms with van der Waals surface area (Å²) in [4.78, 5) is 12.8. The molecule has 0 radical (unpaired) electrons. The largest absolute Gasteiger partial charge is 0.481 e. The smallest absolute Gasteiger partial charge is 0.305 e. The van der Waals surface area contributed by atoms with Crippen molar-refractivity contribution >= 4 is 5.97 Å². The van der Waals surface area contributed by atoms with Crippen LogP contribution in [-0.2, 0) is 4.79 Å². The Bertz CT molecular complexity index is 227. The third kappa shape index (κ3) is 3.44. The van der Waals surface area contributed by atoms with Crippen molar-refractivity contribution in [2.75, 3.05) is 33.7 Å². The maximum Gasteiger partial charge on any atom is 0.305 e. The molecule has 1 fully saturated rings. The Kier molecular flexibility index (Phi) is 4.07. The van der Waals surface area contributed by atoms with Crippen LogP contribution in [0.2, 0.25) is 0 Å². The Hall–Kier alpha value is -0.650. The van der Waals surface area contributed by atoms with Gasteiger partial charge in [0, 0.05) is 25.7 Å². The molecule has 1 aliphatic rings. The zero-order valence-corrected chi connectivity index (χ0v) is 9.71. The van der Waals surface area contributed by atoms with E-state index in [0.29, 0.717) is 6.04 Å². The summed E-state index contributed by atoms with van der Waals surface area (Å²) >= 11 is 0. The van der Waals surface area contributed by atoms with E-state index in [4.69, 9.17) is 5.11 Å². The van der Waals surface area contributed by atoms with Gasteiger partial charge in [0.15, 0.2) is 0 Å². The number of rotatable bonds is 6. The van der Waals surface area contributed by atoms with E-state index in [1.807, 2.05) is 14.1 Å². The average Bonchev–Trinajstić information content (AvgIpc) is 2.08. The Balaban J connectivity index is 2.37. The molecule has 0 aliphatic carbocycles. The summed E-state index contributed by atoms with van der Waals surface area (Å²) in [5.41, 5.74) is -0.226. The van der Waals surface area contributed by atoms with Crippen molar-refractivity contribution < 1.29 is 9.90 Å². The first-order valence-electron chi connectivity index (χ1n) is 5.29. The number of hydrogen-bond donors (Lipinski definition) is 3. The fraction of sp³-hybridized carbons (Fsp3) is 0.900. The van der Waals surface area contributed by atoms with Crippen LogP contribution < -0.4 is 10.6 Å². The summed E-state index contributed by atoms with van der Waals surface area (Å²) in [6, 6.07) is 0.413. The zero-order chi connectivity index (χ0) is 11.5. The minimum absolute atomic E-state index is 0.195. The standard InChI is InChI=1S/C10H21N3O2/c1-8(13(2)3)5-12-10(4-9(14)15)6-11-7-10/h8,11-12H,4-7H2,1-3H3,(H,14,15). The van der Waals surface area contributed by atoms with Gasteiger partial charge in [-0.3, -0.25) is 4.79 Å². The third-order valence-corrected chi connectivity index (χ3v) is 3.07. The molecular formula is C10H21N3O2. The molecule has 1 aliphatic heterocycles. The molecule has 88 valence electrons. The van der Waals surface area contributed by atoms with Gasteiger partial charge in [-0.2, -0.15) is 0 Å². The molecular weight excluding hydrogens is 194 g/mol. The molecule has 1 heterocycles. The molecule has 5 heteroatoms. The lowest BCUT2D eigenvalue weighted by Gasteiger charge is -2.43. The van der Waals surface area contributed by atoms with Crippen molar-refractivity contribution in [2.45, 2.75) is 24.9 Å². The van der Waals surface area contributed by atoms with Crippen LogP contribution in [0, 0.1) is 0 Å². The molecule has 0 aromatic rings. The lowest BCUT2D eigenvalue weighted by atomic mass is 9.88. The Morgan fingerprint density at radius 1 is 1.60 bits per heavy atom. The fourth-order valence-corrected chi connectivity index (χ4v) is 1.58. The van der Waals surface area contributed by atoms with Gasteiger partial charge in [-0.1, -0.05) is 0 Å². The Morgan fingerprint density at radius 3 is 2.53 bits per heavy atom. The highest BCUT2D eigenvalue weighted by Crippen LogP contribution is 2.15. The minimum atomic E-state index is -0.735. The summed E-state index contributed by atoms with van der Waals surface area (Å²) < 4.78 is 0. The fourth-order valence-electron chi connectivity index (χ4n) is 1.58. The Morgan fingerprint density at radius 2 is 2.20 bits per heavy atom. The molecule has 3 N–H and O–H groups in total. The van der Waals surface area contributed by atoms with Crippen LogP contribution in [0.25, 0.3) is 0 Å². The number of nitrogens with one attached hydrogen (secondary N) is 2. The molecule has 0 spiro atoms. The van der Waals surface area contributed by atoms with Crippen molar-refractivity contribution in [3.8, 4) is 0 Å². The van der Waals surface area contributed by atoms with Gasteiger partial charge >= 0.3 is 5.97 Å². The second kappa shape index (κ2) is 4.92. The highest BCUT2D eigenvalue weighted by atomic mass is 16.4. The molecule has 1 rings (SSSR count). The summed E-state index contributed by atoms with van der Waals surface area (Å²) in [7, 11) is 4.05. The normalized spacial score (nSPS) is 21.1. The van der Waals surface area contributed by atoms with Crippen molar-refractivity contribution in [1.82, 2.24) is 15.5 Å². The van der Waals surface area contributed by atoms with Gasteiger partial charge < -0.3 is 20.6 Å². The first-order valence-corrected chi connectivity index (χ1v) is 5.29. The van der Waals surface area contributed by atoms with Crippen molar-refractivity contribution in [3.05, 3.63) is 0 Å². The maximum atomic E-state index is 10.7. The molecule has 0 amide bonds. The van der Waals surface area contributed by atoms with Crippen LogP contribution in [-0.4, -0.2) is 61.3 Å². The maximum absolute atomic E-state index is 10.7. The van der Waals surface area contributed by atoms with Gasteiger partial charge in [0.05, 0.1) is 12.0 Å².